The minimum absolute atomic E-state index is 0.445. The normalized spacial score (nSPS) is 13.0. The van der Waals surface area contributed by atoms with Gasteiger partial charge in [0.2, 0.25) is 0 Å². The van der Waals surface area contributed by atoms with Crippen molar-refractivity contribution in [2.45, 2.75) is 33.3 Å². The van der Waals surface area contributed by atoms with Crippen molar-refractivity contribution >= 4 is 23.5 Å². The van der Waals surface area contributed by atoms with E-state index in [1.807, 2.05) is 23.9 Å². The summed E-state index contributed by atoms with van der Waals surface area (Å²) in [7, 11) is 0. The van der Waals surface area contributed by atoms with E-state index in [0.29, 0.717) is 5.25 Å². The second kappa shape index (κ2) is 11.6. The van der Waals surface area contributed by atoms with Gasteiger partial charge in [-0.2, -0.15) is 0 Å². The van der Waals surface area contributed by atoms with Gasteiger partial charge in [0.1, 0.15) is 0 Å². The van der Waals surface area contributed by atoms with Gasteiger partial charge in [0.25, 0.3) is 0 Å². The van der Waals surface area contributed by atoms with Crippen molar-refractivity contribution in [3.63, 3.8) is 0 Å². The highest BCUT2D eigenvalue weighted by molar-refractivity contribution is 8.00. The molecule has 2 aromatic rings. The van der Waals surface area contributed by atoms with Crippen LogP contribution in [0.4, 0.5) is 0 Å². The Balaban J connectivity index is 1.80. The first kappa shape index (κ1) is 19.4. The van der Waals surface area contributed by atoms with Gasteiger partial charge in [-0.25, -0.2) is 0 Å². The quantitative estimate of drug-likeness (QED) is 0.332. The van der Waals surface area contributed by atoms with Crippen LogP contribution in [0.25, 0.3) is 0 Å². The maximum atomic E-state index is 3.65. The average molecular weight is 365 g/mol. The van der Waals surface area contributed by atoms with E-state index in [-0.39, 0.29) is 0 Å². The molecule has 0 amide bonds. The lowest BCUT2D eigenvalue weighted by Gasteiger charge is -2.07. The zero-order chi connectivity index (χ0) is 17.7. The van der Waals surface area contributed by atoms with Crippen molar-refractivity contribution < 1.29 is 0 Å². The summed E-state index contributed by atoms with van der Waals surface area (Å²) in [5.41, 5.74) is 0. The van der Waals surface area contributed by atoms with E-state index in [9.17, 15) is 0 Å². The molecule has 0 spiro atoms. The van der Waals surface area contributed by atoms with E-state index < -0.39 is 0 Å². The van der Waals surface area contributed by atoms with Crippen molar-refractivity contribution in [2.75, 3.05) is 0 Å². The average Bonchev–Trinajstić information content (AvgIpc) is 2.63. The first-order chi connectivity index (χ1) is 12.3. The minimum Gasteiger partial charge on any atom is -0.119 e. The van der Waals surface area contributed by atoms with Crippen molar-refractivity contribution in [3.05, 3.63) is 104 Å². The van der Waals surface area contributed by atoms with Crippen LogP contribution in [-0.4, -0.2) is 5.25 Å². The third-order valence-corrected chi connectivity index (χ3v) is 5.39. The molecule has 0 saturated heterocycles. The lowest BCUT2D eigenvalue weighted by molar-refractivity contribution is 1.23. The van der Waals surface area contributed by atoms with Crippen LogP contribution in [0.1, 0.15) is 13.3 Å². The first-order valence-corrected chi connectivity index (χ1v) is 10.1. The number of hydrogen-bond donors (Lipinski definition) is 0. The number of hydrogen-bond acceptors (Lipinski definition) is 2. The van der Waals surface area contributed by atoms with Crippen molar-refractivity contribution in [1.29, 1.82) is 0 Å². The van der Waals surface area contributed by atoms with Crippen molar-refractivity contribution in [1.82, 2.24) is 0 Å². The number of benzene rings is 2. The Morgan fingerprint density at radius 3 is 2.20 bits per heavy atom. The van der Waals surface area contributed by atoms with Crippen LogP contribution in [0.15, 0.2) is 118 Å². The van der Waals surface area contributed by atoms with Gasteiger partial charge in [-0.05, 0) is 49.7 Å². The molecule has 2 heteroatoms. The Morgan fingerprint density at radius 1 is 0.840 bits per heavy atom. The van der Waals surface area contributed by atoms with Gasteiger partial charge in [-0.3, -0.25) is 0 Å². The molecule has 128 valence electrons. The van der Waals surface area contributed by atoms with E-state index in [1.165, 1.54) is 14.7 Å². The monoisotopic (exact) mass is 364 g/mol. The zero-order valence-corrected chi connectivity index (χ0v) is 16.2. The van der Waals surface area contributed by atoms with Gasteiger partial charge < -0.3 is 0 Å². The molecule has 0 saturated carbocycles. The molecule has 2 rings (SSSR count). The van der Waals surface area contributed by atoms with Crippen molar-refractivity contribution in [2.24, 2.45) is 0 Å². The summed E-state index contributed by atoms with van der Waals surface area (Å²) in [4.78, 5) is 3.84. The van der Waals surface area contributed by atoms with Crippen LogP contribution in [0.2, 0.25) is 0 Å². The van der Waals surface area contributed by atoms with Gasteiger partial charge in [-0.1, -0.05) is 79.1 Å². The van der Waals surface area contributed by atoms with Gasteiger partial charge in [0.05, 0.1) is 0 Å². The molecule has 0 aliphatic carbocycles. The van der Waals surface area contributed by atoms with Gasteiger partial charge >= 0.3 is 0 Å². The second-order valence-corrected chi connectivity index (χ2v) is 8.02. The van der Waals surface area contributed by atoms with Crippen LogP contribution < -0.4 is 0 Å². The summed E-state index contributed by atoms with van der Waals surface area (Å²) < 4.78 is 0. The number of allylic oxidation sites excluding steroid dienone is 6. The van der Waals surface area contributed by atoms with E-state index in [2.05, 4.69) is 92.4 Å². The van der Waals surface area contributed by atoms with E-state index in [0.717, 1.165) is 6.42 Å². The highest BCUT2D eigenvalue weighted by atomic mass is 32.2. The lowest BCUT2D eigenvalue weighted by Crippen LogP contribution is -1.88. The molecule has 25 heavy (non-hydrogen) atoms. The van der Waals surface area contributed by atoms with Gasteiger partial charge in [0, 0.05) is 19.9 Å². The van der Waals surface area contributed by atoms with E-state index in [4.69, 9.17) is 0 Å². The van der Waals surface area contributed by atoms with E-state index in [1.54, 1.807) is 17.8 Å². The smallest absolute Gasteiger partial charge is 0.0249 e. The second-order valence-electron chi connectivity index (χ2n) is 5.42. The molecule has 0 bridgehead atoms. The number of rotatable bonds is 9. The molecule has 0 nitrogen and oxygen atoms in total. The molecule has 0 N–H and O–H groups in total. The fourth-order valence-electron chi connectivity index (χ4n) is 2.10. The summed E-state index contributed by atoms with van der Waals surface area (Å²) in [5.74, 6) is 0. The largest absolute Gasteiger partial charge is 0.119 e. The SMILES string of the molecule is C=C/C=C\C/C=C\C=C/C(C)Sc1ccc(Sc2ccccc2)cc1. The maximum absolute atomic E-state index is 3.65. The molecule has 0 heterocycles. The third kappa shape index (κ3) is 8.15. The zero-order valence-electron chi connectivity index (χ0n) is 14.5. The summed E-state index contributed by atoms with van der Waals surface area (Å²) in [6.45, 7) is 5.88. The molecule has 1 atom stereocenters. The predicted molar refractivity (Wildman–Crippen MR) is 115 cm³/mol. The minimum atomic E-state index is 0.445. The molecule has 0 radical (unpaired) electrons. The van der Waals surface area contributed by atoms with Crippen LogP contribution in [0.3, 0.4) is 0 Å². The molecule has 2 aromatic carbocycles. The fourth-order valence-corrected chi connectivity index (χ4v) is 3.83. The highest BCUT2D eigenvalue weighted by Gasteiger charge is 2.01. The molecule has 0 fully saturated rings. The predicted octanol–water partition coefficient (Wildman–Crippen LogP) is 7.56. The summed E-state index contributed by atoms with van der Waals surface area (Å²) in [5, 5.41) is 0.445. The lowest BCUT2D eigenvalue weighted by atomic mass is 10.3. The summed E-state index contributed by atoms with van der Waals surface area (Å²) in [6.07, 6.45) is 15.4. The van der Waals surface area contributed by atoms with Crippen molar-refractivity contribution in [3.8, 4) is 0 Å². The topological polar surface area (TPSA) is 0 Å². The maximum Gasteiger partial charge on any atom is 0.0249 e. The van der Waals surface area contributed by atoms with Crippen LogP contribution in [-0.2, 0) is 0 Å². The Morgan fingerprint density at radius 2 is 1.48 bits per heavy atom. The standard InChI is InChI=1S/C23H24S2/c1-3-4-5-6-7-8-10-13-20(2)24-22-16-18-23(19-17-22)25-21-14-11-9-12-15-21/h3-5,7-20H,1,6H2,2H3/b5-4-,8-7-,13-10-. The Bertz CT molecular complexity index is 710. The molecular formula is C23H24S2. The Kier molecular flexibility index (Phi) is 9.03. The molecule has 0 aliphatic heterocycles. The third-order valence-electron chi connectivity index (χ3n) is 3.30. The number of thioether (sulfide) groups is 1. The summed E-state index contributed by atoms with van der Waals surface area (Å²) >= 11 is 3.67. The Labute approximate surface area is 160 Å². The molecule has 0 aromatic heterocycles. The van der Waals surface area contributed by atoms with Crippen LogP contribution >= 0.6 is 23.5 Å². The van der Waals surface area contributed by atoms with Gasteiger partial charge in [-0.15, -0.1) is 11.8 Å². The van der Waals surface area contributed by atoms with Gasteiger partial charge in [0.15, 0.2) is 0 Å². The first-order valence-electron chi connectivity index (χ1n) is 8.38. The molecular weight excluding hydrogens is 340 g/mol. The molecule has 0 aliphatic rings. The fraction of sp³-hybridized carbons (Fsp3) is 0.130. The molecule has 1 unspecified atom stereocenters. The van der Waals surface area contributed by atoms with Crippen LogP contribution in [0, 0.1) is 0 Å². The van der Waals surface area contributed by atoms with Crippen LogP contribution in [0.5, 0.6) is 0 Å². The van der Waals surface area contributed by atoms with E-state index >= 15 is 0 Å². The summed E-state index contributed by atoms with van der Waals surface area (Å²) in [6, 6.07) is 19.3. The highest BCUT2D eigenvalue weighted by Crippen LogP contribution is 2.30. The Hall–Kier alpha value is -1.90.